The van der Waals surface area contributed by atoms with E-state index in [9.17, 15) is 22.6 Å². The average molecular weight is 435 g/mol. The van der Waals surface area contributed by atoms with Gasteiger partial charge in [-0.05, 0) is 12.8 Å². The molecular weight excluding hydrogens is 399 g/mol. The first-order chi connectivity index (χ1) is 12.3. The van der Waals surface area contributed by atoms with Gasteiger partial charge in [-0.3, -0.25) is 14.1 Å². The molecule has 1 N–H and O–H groups in total. The standard InChI is InChI=1S/C18H34O7S.K.H/c1-3-5-7-9-11-13-24-17(19)15-16(26(21,22)23)18(20)25-14-12-10-8-6-4-2;;/h16H,3-15H2,1-2H3,(H,21,22,23);;. The van der Waals surface area contributed by atoms with E-state index in [1.54, 1.807) is 0 Å². The third-order valence-electron chi connectivity index (χ3n) is 3.98. The summed E-state index contributed by atoms with van der Waals surface area (Å²) in [7, 11) is -4.73. The molecule has 0 heterocycles. The van der Waals surface area contributed by atoms with Crippen LogP contribution in [0.15, 0.2) is 0 Å². The van der Waals surface area contributed by atoms with Crippen LogP contribution in [0.25, 0.3) is 0 Å². The van der Waals surface area contributed by atoms with Crippen molar-refractivity contribution in [3.05, 3.63) is 0 Å². The third-order valence-corrected chi connectivity index (χ3v) is 5.06. The fourth-order valence-corrected chi connectivity index (χ4v) is 3.04. The van der Waals surface area contributed by atoms with Gasteiger partial charge in [0.05, 0.1) is 19.6 Å². The van der Waals surface area contributed by atoms with Crippen LogP contribution in [-0.4, -0.2) is 94.8 Å². The molecule has 0 saturated carbocycles. The zero-order valence-corrected chi connectivity index (χ0v) is 16.9. The molecule has 0 aromatic carbocycles. The summed E-state index contributed by atoms with van der Waals surface area (Å²) in [6.45, 7) is 4.43. The number of unbranched alkanes of at least 4 members (excludes halogenated alkanes) is 8. The van der Waals surface area contributed by atoms with E-state index in [4.69, 9.17) is 9.47 Å². The molecule has 0 aliphatic heterocycles. The van der Waals surface area contributed by atoms with Gasteiger partial charge in [0, 0.05) is 0 Å². The van der Waals surface area contributed by atoms with Gasteiger partial charge in [0.2, 0.25) is 0 Å². The number of hydrogen-bond donors (Lipinski definition) is 1. The van der Waals surface area contributed by atoms with Gasteiger partial charge in [-0.25, -0.2) is 0 Å². The fraction of sp³-hybridized carbons (Fsp3) is 0.889. The van der Waals surface area contributed by atoms with Crippen LogP contribution in [0.4, 0.5) is 0 Å². The SMILES string of the molecule is CCCCCCCOC(=O)CC(C(=O)OCCCCCCC)S(=O)(=O)O.[KH]. The fourth-order valence-electron chi connectivity index (χ4n) is 2.38. The number of esters is 2. The first-order valence-electron chi connectivity index (χ1n) is 9.61. The molecule has 0 amide bonds. The van der Waals surface area contributed by atoms with Crippen LogP contribution >= 0.6 is 0 Å². The minimum absolute atomic E-state index is 0. The van der Waals surface area contributed by atoms with Crippen LogP contribution in [0.1, 0.15) is 84.5 Å². The summed E-state index contributed by atoms with van der Waals surface area (Å²) in [5.74, 6) is -1.94. The Bertz CT molecular complexity index is 494. The van der Waals surface area contributed by atoms with Crippen molar-refractivity contribution >= 4 is 73.4 Å². The average Bonchev–Trinajstić information content (AvgIpc) is 2.57. The predicted octanol–water partition coefficient (Wildman–Crippen LogP) is 3.01. The van der Waals surface area contributed by atoms with Gasteiger partial charge in [0.25, 0.3) is 10.1 Å². The summed E-state index contributed by atoms with van der Waals surface area (Å²) in [5.41, 5.74) is 0. The van der Waals surface area contributed by atoms with E-state index in [0.29, 0.717) is 12.8 Å². The Morgan fingerprint density at radius 2 is 1.26 bits per heavy atom. The second kappa shape index (κ2) is 18.5. The van der Waals surface area contributed by atoms with Gasteiger partial charge in [0.1, 0.15) is 0 Å². The van der Waals surface area contributed by atoms with Crippen LogP contribution in [0.2, 0.25) is 0 Å². The van der Waals surface area contributed by atoms with E-state index in [0.717, 1.165) is 51.4 Å². The van der Waals surface area contributed by atoms with Crippen molar-refractivity contribution in [2.75, 3.05) is 13.2 Å². The topological polar surface area (TPSA) is 107 Å². The quantitative estimate of drug-likeness (QED) is 0.172. The molecule has 0 aliphatic carbocycles. The van der Waals surface area contributed by atoms with E-state index in [2.05, 4.69) is 13.8 Å². The minimum atomic E-state index is -4.73. The molecule has 0 spiro atoms. The van der Waals surface area contributed by atoms with Gasteiger partial charge in [0.15, 0.2) is 5.25 Å². The maximum atomic E-state index is 11.9. The Morgan fingerprint density at radius 3 is 1.70 bits per heavy atom. The van der Waals surface area contributed by atoms with E-state index < -0.39 is 33.7 Å². The van der Waals surface area contributed by atoms with Crippen molar-refractivity contribution in [3.8, 4) is 0 Å². The zero-order valence-electron chi connectivity index (χ0n) is 16.1. The molecule has 156 valence electrons. The van der Waals surface area contributed by atoms with Crippen molar-refractivity contribution < 1.29 is 32.0 Å². The van der Waals surface area contributed by atoms with Gasteiger partial charge < -0.3 is 9.47 Å². The van der Waals surface area contributed by atoms with E-state index >= 15 is 0 Å². The molecule has 7 nitrogen and oxygen atoms in total. The second-order valence-corrected chi connectivity index (χ2v) is 8.02. The van der Waals surface area contributed by atoms with Crippen molar-refractivity contribution in [2.45, 2.75) is 89.7 Å². The van der Waals surface area contributed by atoms with Gasteiger partial charge in [-0.15, -0.1) is 0 Å². The van der Waals surface area contributed by atoms with Gasteiger partial charge >= 0.3 is 63.3 Å². The molecule has 9 heteroatoms. The zero-order chi connectivity index (χ0) is 19.8. The molecule has 0 aliphatic rings. The summed E-state index contributed by atoms with van der Waals surface area (Å²) in [6, 6.07) is 0. The molecule has 0 aromatic rings. The van der Waals surface area contributed by atoms with Crippen molar-refractivity contribution in [2.24, 2.45) is 0 Å². The molecule has 0 saturated heterocycles. The molecule has 27 heavy (non-hydrogen) atoms. The molecule has 0 radical (unpaired) electrons. The van der Waals surface area contributed by atoms with Crippen molar-refractivity contribution in [1.82, 2.24) is 0 Å². The number of ether oxygens (including phenoxy) is 2. The number of carbonyl (C=O) groups excluding carboxylic acids is 2. The Labute approximate surface area is 206 Å². The predicted molar refractivity (Wildman–Crippen MR) is 107 cm³/mol. The monoisotopic (exact) mass is 434 g/mol. The van der Waals surface area contributed by atoms with Crippen LogP contribution in [-0.2, 0) is 29.2 Å². The van der Waals surface area contributed by atoms with Crippen LogP contribution in [0.5, 0.6) is 0 Å². The summed E-state index contributed by atoms with van der Waals surface area (Å²) >= 11 is 0. The maximum absolute atomic E-state index is 11.9. The Balaban J connectivity index is 0. The molecule has 0 bridgehead atoms. The first-order valence-corrected chi connectivity index (χ1v) is 11.1. The van der Waals surface area contributed by atoms with Crippen molar-refractivity contribution in [1.29, 1.82) is 0 Å². The number of carbonyl (C=O) groups is 2. The molecule has 0 rings (SSSR count). The van der Waals surface area contributed by atoms with E-state index in [1.165, 1.54) is 0 Å². The molecule has 1 atom stereocenters. The van der Waals surface area contributed by atoms with E-state index in [-0.39, 0.29) is 64.6 Å². The Morgan fingerprint density at radius 1 is 0.815 bits per heavy atom. The molecular formula is C18H35KO7S. The summed E-state index contributed by atoms with van der Waals surface area (Å²) in [6.07, 6.45) is 8.82. The normalized spacial score (nSPS) is 12.1. The van der Waals surface area contributed by atoms with E-state index in [1.807, 2.05) is 0 Å². The first kappa shape index (κ1) is 29.7. The molecule has 0 fully saturated rings. The molecule has 0 aromatic heterocycles. The third kappa shape index (κ3) is 17.1. The Hall–Kier alpha value is 0.486. The van der Waals surface area contributed by atoms with Gasteiger partial charge in [-0.1, -0.05) is 65.2 Å². The summed E-state index contributed by atoms with van der Waals surface area (Å²) in [4.78, 5) is 23.6. The summed E-state index contributed by atoms with van der Waals surface area (Å²) < 4.78 is 41.8. The van der Waals surface area contributed by atoms with Crippen LogP contribution in [0.3, 0.4) is 0 Å². The van der Waals surface area contributed by atoms with Crippen LogP contribution in [0, 0.1) is 0 Å². The second-order valence-electron chi connectivity index (χ2n) is 6.42. The van der Waals surface area contributed by atoms with Crippen LogP contribution < -0.4 is 0 Å². The molecule has 1 unspecified atom stereocenters. The summed E-state index contributed by atoms with van der Waals surface area (Å²) in [5, 5.41) is -1.93. The Kier molecular flexibility index (Phi) is 20.4. The van der Waals surface area contributed by atoms with Crippen molar-refractivity contribution in [3.63, 3.8) is 0 Å². The number of hydrogen-bond acceptors (Lipinski definition) is 6. The number of rotatable bonds is 16. The van der Waals surface area contributed by atoms with Gasteiger partial charge in [-0.2, -0.15) is 8.42 Å².